The van der Waals surface area contributed by atoms with Crippen LogP contribution in [0.5, 0.6) is 5.75 Å². The quantitative estimate of drug-likeness (QED) is 0.303. The third kappa shape index (κ3) is 4.46. The second-order valence-electron chi connectivity index (χ2n) is 6.11. The standard InChI is InChI=1S/C22H17F2N3OS/c23-17-12-10-16(11-13-17)21-25-26-22(27(21)18-6-2-1-3-7-18)29-15-14-28-20-9-5-4-8-19(20)24/h1-13H,14-15H2. The summed E-state index contributed by atoms with van der Waals surface area (Å²) in [5, 5.41) is 9.29. The smallest absolute Gasteiger partial charge is 0.196 e. The lowest BCUT2D eigenvalue weighted by Gasteiger charge is -2.11. The van der Waals surface area contributed by atoms with Gasteiger partial charge in [0.25, 0.3) is 0 Å². The van der Waals surface area contributed by atoms with Crippen molar-refractivity contribution >= 4 is 11.8 Å². The number of para-hydroxylation sites is 2. The van der Waals surface area contributed by atoms with E-state index in [1.54, 1.807) is 30.3 Å². The molecule has 0 saturated heterocycles. The van der Waals surface area contributed by atoms with Gasteiger partial charge in [-0.05, 0) is 48.5 Å². The second-order valence-corrected chi connectivity index (χ2v) is 7.17. The lowest BCUT2D eigenvalue weighted by molar-refractivity contribution is 0.325. The molecule has 29 heavy (non-hydrogen) atoms. The summed E-state index contributed by atoms with van der Waals surface area (Å²) < 4.78 is 34.4. The van der Waals surface area contributed by atoms with Gasteiger partial charge in [0.15, 0.2) is 22.5 Å². The molecule has 0 saturated carbocycles. The van der Waals surface area contributed by atoms with Crippen molar-refractivity contribution in [3.63, 3.8) is 0 Å². The van der Waals surface area contributed by atoms with Gasteiger partial charge in [0.1, 0.15) is 5.82 Å². The van der Waals surface area contributed by atoms with Crippen molar-refractivity contribution in [3.05, 3.63) is 90.5 Å². The van der Waals surface area contributed by atoms with Gasteiger partial charge in [0, 0.05) is 17.0 Å². The Morgan fingerprint density at radius 3 is 2.31 bits per heavy atom. The molecule has 0 aliphatic carbocycles. The zero-order valence-electron chi connectivity index (χ0n) is 15.3. The number of thioether (sulfide) groups is 1. The molecule has 4 aromatic rings. The molecule has 1 aromatic heterocycles. The molecule has 0 bridgehead atoms. The summed E-state index contributed by atoms with van der Waals surface area (Å²) in [6.07, 6.45) is 0. The van der Waals surface area contributed by atoms with Gasteiger partial charge < -0.3 is 4.74 Å². The van der Waals surface area contributed by atoms with E-state index in [4.69, 9.17) is 4.74 Å². The fourth-order valence-electron chi connectivity index (χ4n) is 2.81. The number of halogens is 2. The Morgan fingerprint density at radius 2 is 1.55 bits per heavy atom. The topological polar surface area (TPSA) is 39.9 Å². The molecule has 3 aromatic carbocycles. The Labute approximate surface area is 171 Å². The van der Waals surface area contributed by atoms with Crippen LogP contribution in [-0.2, 0) is 0 Å². The maximum atomic E-state index is 13.7. The highest BCUT2D eigenvalue weighted by molar-refractivity contribution is 7.99. The molecule has 4 nitrogen and oxygen atoms in total. The van der Waals surface area contributed by atoms with Crippen molar-refractivity contribution in [2.75, 3.05) is 12.4 Å². The van der Waals surface area contributed by atoms with Crippen LogP contribution in [0.1, 0.15) is 0 Å². The zero-order valence-corrected chi connectivity index (χ0v) is 16.2. The zero-order chi connectivity index (χ0) is 20.1. The molecule has 0 aliphatic heterocycles. The maximum Gasteiger partial charge on any atom is 0.196 e. The van der Waals surface area contributed by atoms with E-state index in [2.05, 4.69) is 10.2 Å². The summed E-state index contributed by atoms with van der Waals surface area (Å²) in [5.41, 5.74) is 1.66. The predicted octanol–water partition coefficient (Wildman–Crippen LogP) is 5.38. The number of ether oxygens (including phenoxy) is 1. The van der Waals surface area contributed by atoms with Gasteiger partial charge in [0.05, 0.1) is 6.61 Å². The van der Waals surface area contributed by atoms with Crippen molar-refractivity contribution in [3.8, 4) is 22.8 Å². The predicted molar refractivity (Wildman–Crippen MR) is 109 cm³/mol. The third-order valence-electron chi connectivity index (χ3n) is 4.16. The molecular weight excluding hydrogens is 392 g/mol. The van der Waals surface area contributed by atoms with Crippen molar-refractivity contribution in [1.29, 1.82) is 0 Å². The van der Waals surface area contributed by atoms with Gasteiger partial charge in [0.2, 0.25) is 0 Å². The van der Waals surface area contributed by atoms with Gasteiger partial charge in [-0.1, -0.05) is 42.1 Å². The highest BCUT2D eigenvalue weighted by Crippen LogP contribution is 2.28. The Hall–Kier alpha value is -3.19. The Kier molecular flexibility index (Phi) is 5.86. The summed E-state index contributed by atoms with van der Waals surface area (Å²) in [6, 6.07) is 22.2. The van der Waals surface area contributed by atoms with E-state index in [1.807, 2.05) is 34.9 Å². The van der Waals surface area contributed by atoms with Gasteiger partial charge in [-0.2, -0.15) is 0 Å². The van der Waals surface area contributed by atoms with Crippen LogP contribution in [0.15, 0.2) is 84.0 Å². The van der Waals surface area contributed by atoms with Crippen LogP contribution in [0.25, 0.3) is 17.1 Å². The average Bonchev–Trinajstić information content (AvgIpc) is 3.17. The molecule has 0 unspecified atom stereocenters. The minimum absolute atomic E-state index is 0.227. The molecule has 0 N–H and O–H groups in total. The van der Waals surface area contributed by atoms with E-state index in [1.165, 1.54) is 30.0 Å². The molecule has 0 spiro atoms. The normalized spacial score (nSPS) is 10.8. The molecule has 146 valence electrons. The Bertz CT molecular complexity index is 1080. The van der Waals surface area contributed by atoms with Crippen LogP contribution in [-0.4, -0.2) is 27.1 Å². The van der Waals surface area contributed by atoms with E-state index in [0.717, 1.165) is 11.3 Å². The molecule has 0 amide bonds. The third-order valence-corrected chi connectivity index (χ3v) is 5.05. The number of nitrogens with zero attached hydrogens (tertiary/aromatic N) is 3. The number of hydrogen-bond acceptors (Lipinski definition) is 4. The summed E-state index contributed by atoms with van der Waals surface area (Å²) in [5.74, 6) is 0.712. The van der Waals surface area contributed by atoms with Crippen LogP contribution in [0.4, 0.5) is 8.78 Å². The molecule has 1 heterocycles. The largest absolute Gasteiger partial charge is 0.490 e. The number of benzene rings is 3. The highest BCUT2D eigenvalue weighted by atomic mass is 32.2. The number of aromatic nitrogens is 3. The van der Waals surface area contributed by atoms with Crippen LogP contribution in [0, 0.1) is 11.6 Å². The Morgan fingerprint density at radius 1 is 0.828 bits per heavy atom. The summed E-state index contributed by atoms with van der Waals surface area (Å²) >= 11 is 1.45. The number of rotatable bonds is 7. The number of hydrogen-bond donors (Lipinski definition) is 0. The first-order chi connectivity index (χ1) is 14.2. The van der Waals surface area contributed by atoms with Crippen molar-refractivity contribution in [2.24, 2.45) is 0 Å². The fourth-order valence-corrected chi connectivity index (χ4v) is 3.57. The summed E-state index contributed by atoms with van der Waals surface area (Å²) in [4.78, 5) is 0. The van der Waals surface area contributed by atoms with Crippen LogP contribution >= 0.6 is 11.8 Å². The molecule has 4 rings (SSSR count). The second kappa shape index (κ2) is 8.87. The van der Waals surface area contributed by atoms with E-state index in [-0.39, 0.29) is 17.4 Å². The minimum atomic E-state index is -0.386. The lowest BCUT2D eigenvalue weighted by atomic mass is 10.2. The fraction of sp³-hybridized carbons (Fsp3) is 0.0909. The SMILES string of the molecule is Fc1ccc(-c2nnc(SCCOc3ccccc3F)n2-c2ccccc2)cc1. The monoisotopic (exact) mass is 409 g/mol. The van der Waals surface area contributed by atoms with Crippen molar-refractivity contribution in [2.45, 2.75) is 5.16 Å². The molecule has 0 radical (unpaired) electrons. The first-order valence-electron chi connectivity index (χ1n) is 8.99. The van der Waals surface area contributed by atoms with Crippen molar-refractivity contribution in [1.82, 2.24) is 14.8 Å². The molecule has 0 aliphatic rings. The lowest BCUT2D eigenvalue weighted by Crippen LogP contribution is -2.04. The van der Waals surface area contributed by atoms with Crippen LogP contribution in [0.3, 0.4) is 0 Å². The molecule has 7 heteroatoms. The van der Waals surface area contributed by atoms with E-state index < -0.39 is 0 Å². The van der Waals surface area contributed by atoms with Crippen LogP contribution < -0.4 is 4.74 Å². The maximum absolute atomic E-state index is 13.7. The Balaban J connectivity index is 1.55. The summed E-state index contributed by atoms with van der Waals surface area (Å²) in [6.45, 7) is 0.319. The summed E-state index contributed by atoms with van der Waals surface area (Å²) in [7, 11) is 0. The van der Waals surface area contributed by atoms with Gasteiger partial charge in [-0.15, -0.1) is 10.2 Å². The molecule has 0 atom stereocenters. The first kappa shape index (κ1) is 19.1. The molecular formula is C22H17F2N3OS. The van der Waals surface area contributed by atoms with Gasteiger partial charge in [-0.3, -0.25) is 4.57 Å². The van der Waals surface area contributed by atoms with Crippen molar-refractivity contribution < 1.29 is 13.5 Å². The van der Waals surface area contributed by atoms with E-state index in [9.17, 15) is 8.78 Å². The minimum Gasteiger partial charge on any atom is -0.490 e. The first-order valence-corrected chi connectivity index (χ1v) is 9.98. The van der Waals surface area contributed by atoms with Crippen LogP contribution in [0.2, 0.25) is 0 Å². The van der Waals surface area contributed by atoms with E-state index >= 15 is 0 Å². The van der Waals surface area contributed by atoms with Gasteiger partial charge in [-0.25, -0.2) is 8.78 Å². The molecule has 0 fully saturated rings. The van der Waals surface area contributed by atoms with E-state index in [0.29, 0.717) is 23.3 Å². The highest BCUT2D eigenvalue weighted by Gasteiger charge is 2.16. The average molecular weight is 409 g/mol. The van der Waals surface area contributed by atoms with Gasteiger partial charge >= 0.3 is 0 Å².